The average molecular weight is 264 g/mol. The molecule has 1 aromatic rings. The Bertz CT molecular complexity index is 346. The lowest BCUT2D eigenvalue weighted by atomic mass is 10.2. The number of hydrogen-bond acceptors (Lipinski definition) is 2. The van der Waals surface area contributed by atoms with Crippen LogP contribution in [0.25, 0.3) is 0 Å². The monoisotopic (exact) mass is 264 g/mol. The summed E-state index contributed by atoms with van der Waals surface area (Å²) in [5.74, 6) is -0.165. The van der Waals surface area contributed by atoms with Crippen molar-refractivity contribution in [1.29, 1.82) is 0 Å². The lowest BCUT2D eigenvalue weighted by Gasteiger charge is -2.03. The summed E-state index contributed by atoms with van der Waals surface area (Å²) in [6.45, 7) is 4.19. The summed E-state index contributed by atoms with van der Waals surface area (Å²) in [5, 5.41) is 1.57. The van der Waals surface area contributed by atoms with Crippen molar-refractivity contribution >= 4 is 20.7 Å². The molecular formula is C15H24O2Si. The van der Waals surface area contributed by atoms with Crippen molar-refractivity contribution in [3.05, 3.63) is 29.8 Å². The van der Waals surface area contributed by atoms with Gasteiger partial charge in [0.05, 0.1) is 16.1 Å². The normalized spacial score (nSPS) is 11.0. The maximum Gasteiger partial charge on any atom is 0.302 e. The summed E-state index contributed by atoms with van der Waals surface area (Å²) in [4.78, 5) is 10.5. The van der Waals surface area contributed by atoms with E-state index >= 15 is 0 Å². The van der Waals surface area contributed by atoms with Crippen LogP contribution in [0.15, 0.2) is 24.3 Å². The highest BCUT2D eigenvalue weighted by atomic mass is 28.2. The Morgan fingerprint density at radius 3 is 2.44 bits per heavy atom. The standard InChI is InChI=1S/C15H24O2Si/c1-13-7-9-15(10-8-13)18-12-6-4-3-5-11-17-14(2)16/h7-10H,3-6,11-12,18H2,1-2H3. The zero-order chi connectivity index (χ0) is 13.2. The maximum atomic E-state index is 10.5. The number of carbonyl (C=O) groups is 1. The minimum absolute atomic E-state index is 0.0651. The first-order chi connectivity index (χ1) is 8.68. The summed E-state index contributed by atoms with van der Waals surface area (Å²) in [6.07, 6.45) is 4.77. The fraction of sp³-hybridized carbons (Fsp3) is 0.533. The van der Waals surface area contributed by atoms with Gasteiger partial charge in [-0.15, -0.1) is 0 Å². The van der Waals surface area contributed by atoms with Gasteiger partial charge in [-0.1, -0.05) is 60.3 Å². The number of hydrogen-bond donors (Lipinski definition) is 0. The number of unbranched alkanes of at least 4 members (excludes halogenated alkanes) is 3. The van der Waals surface area contributed by atoms with Gasteiger partial charge in [0, 0.05) is 6.92 Å². The van der Waals surface area contributed by atoms with Gasteiger partial charge in [0.15, 0.2) is 0 Å². The molecule has 1 rings (SSSR count). The lowest BCUT2D eigenvalue weighted by Crippen LogP contribution is -2.12. The highest BCUT2D eigenvalue weighted by molar-refractivity contribution is 6.53. The van der Waals surface area contributed by atoms with E-state index in [1.807, 2.05) is 0 Å². The molecule has 0 saturated carbocycles. The van der Waals surface area contributed by atoms with Crippen LogP contribution in [-0.4, -0.2) is 22.1 Å². The fourth-order valence-corrected chi connectivity index (χ4v) is 3.51. The molecule has 0 aliphatic carbocycles. The van der Waals surface area contributed by atoms with Gasteiger partial charge in [-0.05, 0) is 13.3 Å². The van der Waals surface area contributed by atoms with Crippen LogP contribution in [0.5, 0.6) is 0 Å². The largest absolute Gasteiger partial charge is 0.466 e. The van der Waals surface area contributed by atoms with E-state index in [2.05, 4.69) is 31.2 Å². The van der Waals surface area contributed by atoms with Gasteiger partial charge >= 0.3 is 5.97 Å². The quantitative estimate of drug-likeness (QED) is 0.409. The number of benzene rings is 1. The first-order valence-electron chi connectivity index (χ1n) is 6.87. The van der Waals surface area contributed by atoms with Crippen LogP contribution >= 0.6 is 0 Å². The SMILES string of the molecule is CC(=O)OCCCCCC[SiH2]c1ccc(C)cc1. The van der Waals surface area contributed by atoms with Crippen LogP contribution < -0.4 is 5.19 Å². The van der Waals surface area contributed by atoms with E-state index in [0.29, 0.717) is 6.61 Å². The lowest BCUT2D eigenvalue weighted by molar-refractivity contribution is -0.141. The van der Waals surface area contributed by atoms with Crippen LogP contribution in [0, 0.1) is 6.92 Å². The number of esters is 1. The second kappa shape index (κ2) is 8.92. The predicted molar refractivity (Wildman–Crippen MR) is 79.3 cm³/mol. The Labute approximate surface area is 113 Å². The second-order valence-corrected chi connectivity index (χ2v) is 6.87. The third-order valence-electron chi connectivity index (χ3n) is 3.04. The Morgan fingerprint density at radius 2 is 1.78 bits per heavy atom. The summed E-state index contributed by atoms with van der Waals surface area (Å²) >= 11 is 0. The molecule has 0 unspecified atom stereocenters. The molecule has 0 radical (unpaired) electrons. The molecule has 18 heavy (non-hydrogen) atoms. The molecule has 1 aromatic carbocycles. The number of carbonyl (C=O) groups excluding carboxylic acids is 1. The predicted octanol–water partition coefficient (Wildman–Crippen LogP) is 2.33. The molecule has 0 spiro atoms. The Kier molecular flexibility index (Phi) is 7.42. The first-order valence-corrected chi connectivity index (χ1v) is 8.58. The van der Waals surface area contributed by atoms with Crippen LogP contribution in [0.1, 0.15) is 38.2 Å². The zero-order valence-corrected chi connectivity index (χ0v) is 13.0. The van der Waals surface area contributed by atoms with E-state index in [1.54, 1.807) is 5.19 Å². The molecule has 0 aliphatic rings. The fourth-order valence-electron chi connectivity index (χ4n) is 1.93. The van der Waals surface area contributed by atoms with Crippen LogP contribution in [0.2, 0.25) is 6.04 Å². The molecule has 0 fully saturated rings. The van der Waals surface area contributed by atoms with E-state index in [4.69, 9.17) is 4.74 Å². The van der Waals surface area contributed by atoms with Gasteiger partial charge in [-0.2, -0.15) is 0 Å². The van der Waals surface area contributed by atoms with E-state index in [0.717, 1.165) is 6.42 Å². The van der Waals surface area contributed by atoms with Gasteiger partial charge in [0.25, 0.3) is 0 Å². The highest BCUT2D eigenvalue weighted by Gasteiger charge is 1.96. The summed E-state index contributed by atoms with van der Waals surface area (Å²) in [7, 11) is -0.0651. The van der Waals surface area contributed by atoms with Gasteiger partial charge in [0.2, 0.25) is 0 Å². The molecule has 0 atom stereocenters. The average Bonchev–Trinajstić information content (AvgIpc) is 2.34. The third-order valence-corrected chi connectivity index (χ3v) is 4.94. The Morgan fingerprint density at radius 1 is 1.11 bits per heavy atom. The second-order valence-electron chi connectivity index (χ2n) is 4.84. The molecule has 0 aliphatic heterocycles. The van der Waals surface area contributed by atoms with Gasteiger partial charge in [0.1, 0.15) is 0 Å². The molecule has 0 N–H and O–H groups in total. The molecule has 2 nitrogen and oxygen atoms in total. The van der Waals surface area contributed by atoms with Crippen molar-refractivity contribution in [3.63, 3.8) is 0 Å². The zero-order valence-electron chi connectivity index (χ0n) is 11.6. The van der Waals surface area contributed by atoms with E-state index in [9.17, 15) is 4.79 Å². The summed E-state index contributed by atoms with van der Waals surface area (Å²) < 4.78 is 4.90. The van der Waals surface area contributed by atoms with Crippen molar-refractivity contribution in [2.75, 3.05) is 6.61 Å². The molecule has 0 heterocycles. The molecular weight excluding hydrogens is 240 g/mol. The van der Waals surface area contributed by atoms with Crippen molar-refractivity contribution < 1.29 is 9.53 Å². The Hall–Kier alpha value is -1.09. The van der Waals surface area contributed by atoms with Crippen molar-refractivity contribution in [1.82, 2.24) is 0 Å². The molecule has 0 saturated heterocycles. The Balaban J connectivity index is 1.95. The molecule has 0 amide bonds. The van der Waals surface area contributed by atoms with Crippen molar-refractivity contribution in [2.45, 2.75) is 45.6 Å². The summed E-state index contributed by atoms with van der Waals surface area (Å²) in [6, 6.07) is 10.4. The number of ether oxygens (including phenoxy) is 1. The smallest absolute Gasteiger partial charge is 0.302 e. The van der Waals surface area contributed by atoms with Gasteiger partial charge < -0.3 is 4.74 Å². The summed E-state index contributed by atoms with van der Waals surface area (Å²) in [5.41, 5.74) is 1.35. The number of aryl methyl sites for hydroxylation is 1. The maximum absolute atomic E-state index is 10.5. The van der Waals surface area contributed by atoms with Gasteiger partial charge in [-0.3, -0.25) is 4.79 Å². The van der Waals surface area contributed by atoms with E-state index in [-0.39, 0.29) is 15.5 Å². The molecule has 0 aromatic heterocycles. The van der Waals surface area contributed by atoms with Crippen LogP contribution in [0.3, 0.4) is 0 Å². The first kappa shape index (κ1) is 15.0. The van der Waals surface area contributed by atoms with E-state index < -0.39 is 0 Å². The van der Waals surface area contributed by atoms with Crippen molar-refractivity contribution in [2.24, 2.45) is 0 Å². The topological polar surface area (TPSA) is 26.3 Å². The van der Waals surface area contributed by atoms with Crippen LogP contribution in [-0.2, 0) is 9.53 Å². The van der Waals surface area contributed by atoms with Crippen molar-refractivity contribution in [3.8, 4) is 0 Å². The molecule has 0 bridgehead atoms. The van der Waals surface area contributed by atoms with Crippen LogP contribution in [0.4, 0.5) is 0 Å². The minimum atomic E-state index is -0.165. The highest BCUT2D eigenvalue weighted by Crippen LogP contribution is 2.03. The third kappa shape index (κ3) is 7.28. The molecule has 3 heteroatoms. The molecule has 100 valence electrons. The minimum Gasteiger partial charge on any atom is -0.466 e. The van der Waals surface area contributed by atoms with Gasteiger partial charge in [-0.25, -0.2) is 0 Å². The number of rotatable bonds is 8. The van der Waals surface area contributed by atoms with E-state index in [1.165, 1.54) is 37.8 Å².